The van der Waals surface area contributed by atoms with Gasteiger partial charge in [-0.3, -0.25) is 4.79 Å². The van der Waals surface area contributed by atoms with Crippen molar-refractivity contribution in [2.45, 2.75) is 32.4 Å². The first-order valence-corrected chi connectivity index (χ1v) is 7.85. The van der Waals surface area contributed by atoms with Gasteiger partial charge in [0.15, 0.2) is 6.10 Å². The molecule has 0 aliphatic carbocycles. The average molecular weight is 327 g/mol. The maximum absolute atomic E-state index is 13.7. The topological polar surface area (TPSA) is 46.6 Å². The number of carbonyl (C=O) groups excluding carboxylic acids is 2. The van der Waals surface area contributed by atoms with E-state index in [1.54, 1.807) is 11.0 Å². The number of hydrogen-bond acceptors (Lipinski definition) is 3. The highest BCUT2D eigenvalue weighted by Crippen LogP contribution is 2.32. The lowest BCUT2D eigenvalue weighted by Gasteiger charge is -2.26. The lowest BCUT2D eigenvalue weighted by Crippen LogP contribution is -2.43. The Morgan fingerprint density at radius 2 is 1.83 bits per heavy atom. The highest BCUT2D eigenvalue weighted by molar-refractivity contribution is 6.00. The molecule has 5 heteroatoms. The van der Waals surface area contributed by atoms with Crippen LogP contribution in [0.4, 0.5) is 10.1 Å². The summed E-state index contributed by atoms with van der Waals surface area (Å²) in [6.07, 6.45) is -0.235. The van der Waals surface area contributed by atoms with E-state index in [9.17, 15) is 14.0 Å². The smallest absolute Gasteiger partial charge is 0.341 e. The fourth-order valence-electron chi connectivity index (χ4n) is 3.00. The molecular weight excluding hydrogens is 309 g/mol. The fraction of sp³-hybridized carbons (Fsp3) is 0.263. The van der Waals surface area contributed by atoms with E-state index in [2.05, 4.69) is 0 Å². The lowest BCUT2D eigenvalue weighted by molar-refractivity contribution is -0.126. The number of esters is 1. The van der Waals surface area contributed by atoms with Gasteiger partial charge in [-0.05, 0) is 44.0 Å². The van der Waals surface area contributed by atoms with Gasteiger partial charge in [-0.15, -0.1) is 0 Å². The quantitative estimate of drug-likeness (QED) is 0.812. The van der Waals surface area contributed by atoms with Crippen molar-refractivity contribution >= 4 is 17.6 Å². The van der Waals surface area contributed by atoms with Gasteiger partial charge in [0, 0.05) is 11.7 Å². The Balaban J connectivity index is 1.76. The summed E-state index contributed by atoms with van der Waals surface area (Å²) in [5, 5.41) is 0. The number of nitrogens with zero attached hydrogens (tertiary/aromatic N) is 1. The first kappa shape index (κ1) is 16.2. The van der Waals surface area contributed by atoms with Gasteiger partial charge in [-0.1, -0.05) is 30.3 Å². The minimum absolute atomic E-state index is 0.00971. The first-order chi connectivity index (χ1) is 11.5. The molecule has 0 fully saturated rings. The Morgan fingerprint density at radius 1 is 1.17 bits per heavy atom. The van der Waals surface area contributed by atoms with Crippen LogP contribution in [0.15, 0.2) is 48.5 Å². The van der Waals surface area contributed by atoms with Crippen molar-refractivity contribution in [3.8, 4) is 0 Å². The minimum Gasteiger partial charge on any atom is -0.449 e. The van der Waals surface area contributed by atoms with E-state index in [0.717, 1.165) is 17.7 Å². The second-order valence-corrected chi connectivity index (χ2v) is 5.92. The van der Waals surface area contributed by atoms with Gasteiger partial charge in [0.1, 0.15) is 5.82 Å². The summed E-state index contributed by atoms with van der Waals surface area (Å²) in [6, 6.07) is 13.2. The Hall–Kier alpha value is -2.69. The maximum atomic E-state index is 13.7. The maximum Gasteiger partial charge on any atom is 0.341 e. The summed E-state index contributed by atoms with van der Waals surface area (Å²) in [6.45, 7) is 3.46. The standard InChI is InChI=1S/C19H18FNO3/c1-12-11-14-7-3-6-10-17(14)21(12)18(22)13(2)24-19(23)15-8-4-5-9-16(15)20/h3-10,12-13H,11H2,1-2H3/t12-,13+/m1/s1. The van der Waals surface area contributed by atoms with Gasteiger partial charge in [-0.25, -0.2) is 9.18 Å². The van der Waals surface area contributed by atoms with Gasteiger partial charge in [0.25, 0.3) is 5.91 Å². The summed E-state index contributed by atoms with van der Waals surface area (Å²) in [5.74, 6) is -1.81. The number of hydrogen-bond donors (Lipinski definition) is 0. The number of para-hydroxylation sites is 1. The molecule has 0 spiro atoms. The molecule has 2 aromatic rings. The predicted octanol–water partition coefficient (Wildman–Crippen LogP) is 3.35. The van der Waals surface area contributed by atoms with Crippen LogP contribution in [0.1, 0.15) is 29.8 Å². The van der Waals surface area contributed by atoms with Crippen LogP contribution in [-0.2, 0) is 16.0 Å². The van der Waals surface area contributed by atoms with Gasteiger partial charge in [0.05, 0.1) is 5.56 Å². The molecule has 0 saturated heterocycles. The lowest BCUT2D eigenvalue weighted by atomic mass is 10.1. The summed E-state index contributed by atoms with van der Waals surface area (Å²) >= 11 is 0. The van der Waals surface area contributed by atoms with E-state index < -0.39 is 17.9 Å². The van der Waals surface area contributed by atoms with E-state index in [-0.39, 0.29) is 17.5 Å². The molecule has 2 aromatic carbocycles. The number of benzene rings is 2. The molecule has 4 nitrogen and oxygen atoms in total. The Kier molecular flexibility index (Phi) is 4.34. The second-order valence-electron chi connectivity index (χ2n) is 5.92. The van der Waals surface area contributed by atoms with Crippen LogP contribution in [0.5, 0.6) is 0 Å². The van der Waals surface area contributed by atoms with Crippen LogP contribution >= 0.6 is 0 Å². The van der Waals surface area contributed by atoms with Crippen LogP contribution < -0.4 is 4.90 Å². The monoisotopic (exact) mass is 327 g/mol. The van der Waals surface area contributed by atoms with E-state index in [1.165, 1.54) is 25.1 Å². The van der Waals surface area contributed by atoms with Crippen molar-refractivity contribution < 1.29 is 18.7 Å². The normalized spacial score (nSPS) is 17.3. The summed E-state index contributed by atoms with van der Waals surface area (Å²) in [5.41, 5.74) is 1.75. The summed E-state index contributed by atoms with van der Waals surface area (Å²) in [4.78, 5) is 26.5. The third-order valence-electron chi connectivity index (χ3n) is 4.17. The zero-order chi connectivity index (χ0) is 17.3. The molecule has 124 valence electrons. The Morgan fingerprint density at radius 3 is 2.58 bits per heavy atom. The third kappa shape index (κ3) is 2.89. The van der Waals surface area contributed by atoms with Crippen LogP contribution in [0.25, 0.3) is 0 Å². The number of amides is 1. The molecule has 0 saturated carbocycles. The fourth-order valence-corrected chi connectivity index (χ4v) is 3.00. The molecule has 0 aromatic heterocycles. The number of carbonyl (C=O) groups is 2. The summed E-state index contributed by atoms with van der Waals surface area (Å²) in [7, 11) is 0. The largest absolute Gasteiger partial charge is 0.449 e. The molecule has 0 unspecified atom stereocenters. The van der Waals surface area contributed by atoms with E-state index in [0.29, 0.717) is 0 Å². The minimum atomic E-state index is -0.995. The van der Waals surface area contributed by atoms with Crippen LogP contribution in [-0.4, -0.2) is 24.0 Å². The van der Waals surface area contributed by atoms with Gasteiger partial charge in [-0.2, -0.15) is 0 Å². The Labute approximate surface area is 139 Å². The molecule has 24 heavy (non-hydrogen) atoms. The highest BCUT2D eigenvalue weighted by Gasteiger charge is 2.34. The SMILES string of the molecule is C[C@H](OC(=O)c1ccccc1F)C(=O)N1c2ccccc2C[C@H]1C. The van der Waals surface area contributed by atoms with Crippen LogP contribution in [0.3, 0.4) is 0 Å². The van der Waals surface area contributed by atoms with Gasteiger partial charge >= 0.3 is 5.97 Å². The summed E-state index contributed by atoms with van der Waals surface area (Å²) < 4.78 is 18.8. The van der Waals surface area contributed by atoms with Crippen molar-refractivity contribution in [1.82, 2.24) is 0 Å². The van der Waals surface area contributed by atoms with Gasteiger partial charge in [0.2, 0.25) is 0 Å². The van der Waals surface area contributed by atoms with Crippen molar-refractivity contribution in [2.75, 3.05) is 4.90 Å². The first-order valence-electron chi connectivity index (χ1n) is 7.85. The van der Waals surface area contributed by atoms with Crippen LogP contribution in [0, 0.1) is 5.82 Å². The molecule has 1 aliphatic heterocycles. The molecule has 0 radical (unpaired) electrons. The van der Waals surface area contributed by atoms with E-state index >= 15 is 0 Å². The van der Waals surface area contributed by atoms with Crippen molar-refractivity contribution in [1.29, 1.82) is 0 Å². The van der Waals surface area contributed by atoms with Crippen molar-refractivity contribution in [3.63, 3.8) is 0 Å². The molecule has 0 N–H and O–H groups in total. The van der Waals surface area contributed by atoms with E-state index in [1.807, 2.05) is 31.2 Å². The zero-order valence-electron chi connectivity index (χ0n) is 13.5. The van der Waals surface area contributed by atoms with Crippen molar-refractivity contribution in [2.24, 2.45) is 0 Å². The molecule has 0 bridgehead atoms. The zero-order valence-corrected chi connectivity index (χ0v) is 13.5. The number of ether oxygens (including phenoxy) is 1. The number of rotatable bonds is 3. The second kappa shape index (κ2) is 6.43. The highest BCUT2D eigenvalue weighted by atomic mass is 19.1. The van der Waals surface area contributed by atoms with Gasteiger partial charge < -0.3 is 9.64 Å². The molecule has 1 aliphatic rings. The van der Waals surface area contributed by atoms with E-state index in [4.69, 9.17) is 4.74 Å². The number of halogens is 1. The molecule has 1 heterocycles. The van der Waals surface area contributed by atoms with Crippen LogP contribution in [0.2, 0.25) is 0 Å². The molecule has 3 rings (SSSR count). The third-order valence-corrected chi connectivity index (χ3v) is 4.17. The molecular formula is C19H18FNO3. The predicted molar refractivity (Wildman–Crippen MR) is 88.4 cm³/mol. The van der Waals surface area contributed by atoms with Crippen molar-refractivity contribution in [3.05, 3.63) is 65.5 Å². The average Bonchev–Trinajstić information content (AvgIpc) is 2.90. The molecule has 2 atom stereocenters. The number of anilines is 1. The molecule has 1 amide bonds. The Bertz CT molecular complexity index is 790. The number of fused-ring (bicyclic) bond motifs is 1.